The van der Waals surface area contributed by atoms with E-state index in [0.29, 0.717) is 6.42 Å². The van der Waals surface area contributed by atoms with Gasteiger partial charge in [0.25, 0.3) is 0 Å². The maximum atomic E-state index is 9.65. The molecule has 0 fully saturated rings. The normalized spacial score (nSPS) is 7.62. The quantitative estimate of drug-likeness (QED) is 0.489. The average molecular weight is 128 g/mol. The number of carboxylic acid groups (broad SMARTS) is 1. The van der Waals surface area contributed by atoms with E-state index >= 15 is 0 Å². The maximum absolute atomic E-state index is 9.65. The summed E-state index contributed by atoms with van der Waals surface area (Å²) in [6.07, 6.45) is 0.422. The molecule has 4 heteroatoms. The summed E-state index contributed by atoms with van der Waals surface area (Å²) in [7, 11) is 0. The molecule has 0 saturated heterocycles. The number of hydrogen-bond acceptors (Lipinski definition) is 2. The molecule has 0 aliphatic rings. The number of aliphatic hydroxyl groups excluding tert-OH is 1. The van der Waals surface area contributed by atoms with Crippen LogP contribution >= 0.6 is 0 Å². The van der Waals surface area contributed by atoms with Gasteiger partial charge in [-0.3, -0.25) is 4.79 Å². The van der Waals surface area contributed by atoms with Crippen LogP contribution in [0.25, 0.3) is 0 Å². The van der Waals surface area contributed by atoms with Crippen LogP contribution in [0, 0.1) is 0 Å². The van der Waals surface area contributed by atoms with Gasteiger partial charge < -0.3 is 10.2 Å². The van der Waals surface area contributed by atoms with Gasteiger partial charge in [0.05, 0.1) is 0 Å². The molecular weight excluding hydrogens is 119 g/mol. The zero-order valence-corrected chi connectivity index (χ0v) is 3.92. The van der Waals surface area contributed by atoms with E-state index in [1.54, 1.807) is 0 Å². The van der Waals surface area contributed by atoms with Crippen LogP contribution in [0.15, 0.2) is 0 Å². The predicted molar refractivity (Wildman–Crippen MR) is 31.1 cm³/mol. The van der Waals surface area contributed by atoms with Gasteiger partial charge in [-0.1, -0.05) is 0 Å². The van der Waals surface area contributed by atoms with Gasteiger partial charge in [-0.25, -0.2) is 0 Å². The topological polar surface area (TPSA) is 57.5 Å². The molecule has 3 nitrogen and oxygen atoms in total. The zero-order chi connectivity index (χ0) is 5.70. The second kappa shape index (κ2) is 7.43. The predicted octanol–water partition coefficient (Wildman–Crippen LogP) is -0.805. The summed E-state index contributed by atoms with van der Waals surface area (Å²) >= 11 is 0. The van der Waals surface area contributed by atoms with Crippen molar-refractivity contribution in [1.29, 1.82) is 0 Å². The van der Waals surface area contributed by atoms with E-state index in [2.05, 4.69) is 0 Å². The van der Waals surface area contributed by atoms with Gasteiger partial charge in [-0.2, -0.15) is 0 Å². The number of hydrogen-bond donors (Lipinski definition) is 2. The van der Waals surface area contributed by atoms with Crippen LogP contribution in [-0.2, 0) is 4.79 Å². The average Bonchev–Trinajstić information content (AvgIpc) is 1.61. The van der Waals surface area contributed by atoms with Crippen LogP contribution in [0.5, 0.6) is 0 Å². The molecule has 2 N–H and O–H groups in total. The van der Waals surface area contributed by atoms with Gasteiger partial charge in [-0.15, -0.1) is 0 Å². The van der Waals surface area contributed by atoms with Crippen LogP contribution < -0.4 is 0 Å². The molecule has 0 spiro atoms. The van der Waals surface area contributed by atoms with E-state index in [1.807, 2.05) is 0 Å². The molecule has 0 bridgehead atoms. The Labute approximate surface area is 70.0 Å². The van der Waals surface area contributed by atoms with Crippen LogP contribution in [-0.4, -0.2) is 52.3 Å². The molecule has 0 heterocycles. The molecule has 0 saturated carbocycles. The summed E-state index contributed by atoms with van der Waals surface area (Å²) in [5.41, 5.74) is 0. The van der Waals surface area contributed by atoms with E-state index < -0.39 is 5.97 Å². The SMILES string of the molecule is O=C(O)CCCO.[NaH]. The number of aliphatic carboxylic acids is 1. The standard InChI is InChI=1S/C4H8O3.Na.H/c5-3-1-2-4(6)7;;/h5H,1-3H2,(H,6,7);;. The van der Waals surface area contributed by atoms with Gasteiger partial charge in [0.1, 0.15) is 0 Å². The molecule has 44 valence electrons. The van der Waals surface area contributed by atoms with E-state index in [9.17, 15) is 4.79 Å². The molecule has 0 aromatic rings. The third kappa shape index (κ3) is 9.66. The van der Waals surface area contributed by atoms with Crippen molar-refractivity contribution in [3.05, 3.63) is 0 Å². The summed E-state index contributed by atoms with van der Waals surface area (Å²) in [6, 6.07) is 0. The van der Waals surface area contributed by atoms with Crippen molar-refractivity contribution in [2.24, 2.45) is 0 Å². The van der Waals surface area contributed by atoms with E-state index in [-0.39, 0.29) is 42.6 Å². The van der Waals surface area contributed by atoms with Crippen LogP contribution in [0.2, 0.25) is 0 Å². The number of aliphatic hydroxyl groups is 1. The molecule has 0 aliphatic carbocycles. The first-order valence-electron chi connectivity index (χ1n) is 2.10. The second-order valence-corrected chi connectivity index (χ2v) is 1.22. The Bertz CT molecular complexity index is 64.3. The molecule has 8 heavy (non-hydrogen) atoms. The van der Waals surface area contributed by atoms with Gasteiger partial charge in [0.15, 0.2) is 0 Å². The Morgan fingerprint density at radius 3 is 2.12 bits per heavy atom. The van der Waals surface area contributed by atoms with Crippen molar-refractivity contribution in [3.8, 4) is 0 Å². The Morgan fingerprint density at radius 1 is 1.50 bits per heavy atom. The summed E-state index contributed by atoms with van der Waals surface area (Å²) in [5.74, 6) is -0.853. The number of rotatable bonds is 3. The van der Waals surface area contributed by atoms with Crippen LogP contribution in [0.1, 0.15) is 12.8 Å². The molecule has 0 radical (unpaired) electrons. The molecule has 0 atom stereocenters. The Morgan fingerprint density at radius 2 is 2.00 bits per heavy atom. The van der Waals surface area contributed by atoms with E-state index in [4.69, 9.17) is 10.2 Å². The van der Waals surface area contributed by atoms with Crippen molar-refractivity contribution in [2.45, 2.75) is 12.8 Å². The Balaban J connectivity index is 0. The first kappa shape index (κ1) is 11.3. The van der Waals surface area contributed by atoms with Crippen molar-refractivity contribution in [3.63, 3.8) is 0 Å². The molecule has 0 rings (SSSR count). The van der Waals surface area contributed by atoms with Crippen molar-refractivity contribution >= 4 is 35.5 Å². The van der Waals surface area contributed by atoms with Gasteiger partial charge in [0.2, 0.25) is 0 Å². The summed E-state index contributed by atoms with van der Waals surface area (Å²) < 4.78 is 0. The van der Waals surface area contributed by atoms with Crippen molar-refractivity contribution in [1.82, 2.24) is 0 Å². The second-order valence-electron chi connectivity index (χ2n) is 1.22. The van der Waals surface area contributed by atoms with Crippen molar-refractivity contribution in [2.75, 3.05) is 6.61 Å². The van der Waals surface area contributed by atoms with Crippen LogP contribution in [0.3, 0.4) is 0 Å². The summed E-state index contributed by atoms with van der Waals surface area (Å²) in [5, 5.41) is 16.0. The molecule has 0 amide bonds. The monoisotopic (exact) mass is 128 g/mol. The van der Waals surface area contributed by atoms with Gasteiger partial charge in [-0.05, 0) is 6.42 Å². The molecule has 0 unspecified atom stereocenters. The summed E-state index contributed by atoms with van der Waals surface area (Å²) in [4.78, 5) is 9.65. The zero-order valence-electron chi connectivity index (χ0n) is 3.92. The molecule has 0 aromatic heterocycles. The van der Waals surface area contributed by atoms with E-state index in [1.165, 1.54) is 0 Å². The Hall–Kier alpha value is 0.430. The van der Waals surface area contributed by atoms with Crippen molar-refractivity contribution < 1.29 is 15.0 Å². The fourth-order valence-corrected chi connectivity index (χ4v) is 0.230. The van der Waals surface area contributed by atoms with E-state index in [0.717, 1.165) is 0 Å². The molecule has 0 aromatic carbocycles. The first-order valence-corrected chi connectivity index (χ1v) is 2.10. The minimum atomic E-state index is -0.853. The minimum absolute atomic E-state index is 0. The third-order valence-corrected chi connectivity index (χ3v) is 0.549. The Kier molecular flexibility index (Phi) is 10.5. The molecular formula is C4H9NaO3. The number of carbonyl (C=O) groups is 1. The van der Waals surface area contributed by atoms with Gasteiger partial charge in [0, 0.05) is 13.0 Å². The van der Waals surface area contributed by atoms with Crippen LogP contribution in [0.4, 0.5) is 0 Å². The fourth-order valence-electron chi connectivity index (χ4n) is 0.230. The number of carboxylic acids is 1. The third-order valence-electron chi connectivity index (χ3n) is 0.549. The van der Waals surface area contributed by atoms with Gasteiger partial charge >= 0.3 is 35.5 Å². The first-order chi connectivity index (χ1) is 3.27. The summed E-state index contributed by atoms with van der Waals surface area (Å²) in [6.45, 7) is -0.0354. The fraction of sp³-hybridized carbons (Fsp3) is 0.750. The molecule has 0 aliphatic heterocycles.